The van der Waals surface area contributed by atoms with Gasteiger partial charge in [-0.25, -0.2) is 14.8 Å². The fraction of sp³-hybridized carbons (Fsp3) is 0.321. The van der Waals surface area contributed by atoms with E-state index in [0.717, 1.165) is 53.5 Å². The average molecular weight is 469 g/mol. The molecular formula is C28H28N4O3. The summed E-state index contributed by atoms with van der Waals surface area (Å²) in [7, 11) is 0. The highest BCUT2D eigenvalue weighted by atomic mass is 16.6. The first-order valence-corrected chi connectivity index (χ1v) is 12.3. The molecule has 4 aromatic rings. The number of aromatic nitrogens is 3. The topological polar surface area (TPSA) is 78.3 Å². The molecule has 0 aliphatic heterocycles. The number of hydrogen-bond acceptors (Lipinski definition) is 5. The van der Waals surface area contributed by atoms with E-state index in [2.05, 4.69) is 50.2 Å². The minimum absolute atomic E-state index is 0.0326. The summed E-state index contributed by atoms with van der Waals surface area (Å²) in [6, 6.07) is 18.9. The molecule has 2 heterocycles. The van der Waals surface area contributed by atoms with Crippen molar-refractivity contribution in [3.8, 4) is 23.0 Å². The molecule has 6 rings (SSSR count). The van der Waals surface area contributed by atoms with Crippen molar-refractivity contribution in [2.75, 3.05) is 5.32 Å². The normalized spacial score (nSPS) is 16.5. The van der Waals surface area contributed by atoms with Crippen molar-refractivity contribution in [1.82, 2.24) is 14.5 Å². The first-order valence-electron chi connectivity index (χ1n) is 12.3. The molecule has 2 fully saturated rings. The molecule has 2 aromatic carbocycles. The SMILES string of the molecule is C[C@@H](OC(=O)Nc1ccc(-c2cc3ccc(Oc4ncccn4)cc3n2C2CCC2)cc1)C1CC1. The zero-order valence-electron chi connectivity index (χ0n) is 19.7. The van der Waals surface area contributed by atoms with Crippen LogP contribution >= 0.6 is 0 Å². The Morgan fingerprint density at radius 2 is 1.80 bits per heavy atom. The van der Waals surface area contributed by atoms with Gasteiger partial charge in [0, 0.05) is 41.3 Å². The highest BCUT2D eigenvalue weighted by molar-refractivity contribution is 5.89. The van der Waals surface area contributed by atoms with Crippen molar-refractivity contribution in [3.63, 3.8) is 0 Å². The van der Waals surface area contributed by atoms with Crippen molar-refractivity contribution in [3.05, 3.63) is 67.0 Å². The Labute approximate surface area is 204 Å². The Bertz CT molecular complexity index is 1340. The van der Waals surface area contributed by atoms with Crippen LogP contribution in [0.2, 0.25) is 0 Å². The molecule has 1 N–H and O–H groups in total. The third kappa shape index (κ3) is 4.58. The van der Waals surface area contributed by atoms with E-state index in [1.165, 1.54) is 6.42 Å². The molecule has 2 aliphatic rings. The number of carbonyl (C=O) groups excluding carboxylic acids is 1. The highest BCUT2D eigenvalue weighted by Gasteiger charge is 2.30. The molecule has 2 saturated carbocycles. The van der Waals surface area contributed by atoms with Crippen LogP contribution in [-0.2, 0) is 4.74 Å². The number of ether oxygens (including phenoxy) is 2. The van der Waals surface area contributed by atoms with Gasteiger partial charge < -0.3 is 14.0 Å². The van der Waals surface area contributed by atoms with Gasteiger partial charge in [-0.15, -0.1) is 0 Å². The van der Waals surface area contributed by atoms with Gasteiger partial charge in [-0.2, -0.15) is 0 Å². The average Bonchev–Trinajstić information content (AvgIpc) is 3.62. The van der Waals surface area contributed by atoms with E-state index in [1.807, 2.05) is 25.1 Å². The molecule has 2 aromatic heterocycles. The van der Waals surface area contributed by atoms with Crippen molar-refractivity contribution >= 4 is 22.7 Å². The number of anilines is 1. The van der Waals surface area contributed by atoms with Gasteiger partial charge >= 0.3 is 12.1 Å². The Balaban J connectivity index is 1.26. The maximum atomic E-state index is 12.2. The summed E-state index contributed by atoms with van der Waals surface area (Å²) in [6.07, 6.45) is 8.76. The quantitative estimate of drug-likeness (QED) is 0.317. The second-order valence-electron chi connectivity index (χ2n) is 9.49. The first kappa shape index (κ1) is 21.6. The van der Waals surface area contributed by atoms with E-state index in [9.17, 15) is 4.79 Å². The lowest BCUT2D eigenvalue weighted by Crippen LogP contribution is -2.21. The predicted molar refractivity (Wildman–Crippen MR) is 135 cm³/mol. The number of nitrogens with one attached hydrogen (secondary N) is 1. The van der Waals surface area contributed by atoms with Gasteiger partial charge in [0.15, 0.2) is 0 Å². The second kappa shape index (κ2) is 9.06. The third-order valence-electron chi connectivity index (χ3n) is 7.01. The number of nitrogens with zero attached hydrogens (tertiary/aromatic N) is 3. The second-order valence-corrected chi connectivity index (χ2v) is 9.49. The predicted octanol–water partition coefficient (Wildman–Crippen LogP) is 6.96. The molecule has 7 heteroatoms. The molecule has 1 amide bonds. The van der Waals surface area contributed by atoms with Crippen LogP contribution in [0, 0.1) is 5.92 Å². The Kier molecular flexibility index (Phi) is 5.60. The van der Waals surface area contributed by atoms with Crippen LogP contribution in [0.3, 0.4) is 0 Å². The van der Waals surface area contributed by atoms with Crippen LogP contribution in [-0.4, -0.2) is 26.7 Å². The zero-order valence-corrected chi connectivity index (χ0v) is 19.7. The summed E-state index contributed by atoms with van der Waals surface area (Å²) < 4.78 is 13.8. The summed E-state index contributed by atoms with van der Waals surface area (Å²) in [4.78, 5) is 20.6. The maximum Gasteiger partial charge on any atom is 0.411 e. The van der Waals surface area contributed by atoms with Gasteiger partial charge in [-0.05, 0) is 86.9 Å². The molecule has 7 nitrogen and oxygen atoms in total. The Hall–Kier alpha value is -3.87. The summed E-state index contributed by atoms with van der Waals surface area (Å²) >= 11 is 0. The smallest absolute Gasteiger partial charge is 0.411 e. The minimum Gasteiger partial charge on any atom is -0.446 e. The lowest BCUT2D eigenvalue weighted by Gasteiger charge is -2.30. The molecule has 0 bridgehead atoms. The minimum atomic E-state index is -0.393. The van der Waals surface area contributed by atoms with E-state index in [1.54, 1.807) is 18.5 Å². The van der Waals surface area contributed by atoms with Crippen molar-refractivity contribution in [1.29, 1.82) is 0 Å². The van der Waals surface area contributed by atoms with Crippen LogP contribution in [0.4, 0.5) is 10.5 Å². The fourth-order valence-electron chi connectivity index (χ4n) is 4.67. The first-order chi connectivity index (χ1) is 17.1. The molecular weight excluding hydrogens is 440 g/mol. The number of amides is 1. The number of fused-ring (bicyclic) bond motifs is 1. The molecule has 0 unspecified atom stereocenters. The van der Waals surface area contributed by atoms with Gasteiger partial charge in [0.25, 0.3) is 0 Å². The molecule has 0 radical (unpaired) electrons. The van der Waals surface area contributed by atoms with E-state index in [0.29, 0.717) is 23.7 Å². The largest absolute Gasteiger partial charge is 0.446 e. The molecule has 0 saturated heterocycles. The fourth-order valence-corrected chi connectivity index (χ4v) is 4.67. The van der Waals surface area contributed by atoms with Crippen LogP contribution in [0.15, 0.2) is 67.0 Å². The lowest BCUT2D eigenvalue weighted by molar-refractivity contribution is 0.108. The number of hydrogen-bond donors (Lipinski definition) is 1. The summed E-state index contributed by atoms with van der Waals surface area (Å²) in [5.74, 6) is 1.23. The van der Waals surface area contributed by atoms with Gasteiger partial charge in [-0.3, -0.25) is 5.32 Å². The van der Waals surface area contributed by atoms with Crippen LogP contribution in [0.1, 0.15) is 45.1 Å². The summed E-state index contributed by atoms with van der Waals surface area (Å²) in [6.45, 7) is 1.96. The maximum absolute atomic E-state index is 12.2. The summed E-state index contributed by atoms with van der Waals surface area (Å²) in [5, 5.41) is 4.02. The molecule has 1 atom stereocenters. The lowest BCUT2D eigenvalue weighted by atomic mass is 9.92. The number of carbonyl (C=O) groups is 1. The number of benzene rings is 2. The monoisotopic (exact) mass is 468 g/mol. The van der Waals surface area contributed by atoms with Crippen molar-refractivity contribution in [2.45, 2.75) is 51.2 Å². The molecule has 35 heavy (non-hydrogen) atoms. The number of rotatable bonds is 7. The molecule has 2 aliphatic carbocycles. The van der Waals surface area contributed by atoms with E-state index in [-0.39, 0.29) is 6.10 Å². The van der Waals surface area contributed by atoms with Gasteiger partial charge in [0.05, 0.1) is 5.52 Å². The Morgan fingerprint density at radius 3 is 2.49 bits per heavy atom. The van der Waals surface area contributed by atoms with Crippen molar-refractivity contribution in [2.24, 2.45) is 5.92 Å². The molecule has 0 spiro atoms. The van der Waals surface area contributed by atoms with Gasteiger partial charge in [0.2, 0.25) is 0 Å². The van der Waals surface area contributed by atoms with E-state index in [4.69, 9.17) is 9.47 Å². The van der Waals surface area contributed by atoms with Gasteiger partial charge in [0.1, 0.15) is 11.9 Å². The van der Waals surface area contributed by atoms with E-state index < -0.39 is 6.09 Å². The van der Waals surface area contributed by atoms with Crippen molar-refractivity contribution < 1.29 is 14.3 Å². The summed E-state index contributed by atoms with van der Waals surface area (Å²) in [5.41, 5.74) is 4.13. The Morgan fingerprint density at radius 1 is 1.03 bits per heavy atom. The van der Waals surface area contributed by atoms with Crippen LogP contribution < -0.4 is 10.1 Å². The van der Waals surface area contributed by atoms with Gasteiger partial charge in [-0.1, -0.05) is 12.1 Å². The van der Waals surface area contributed by atoms with Crippen LogP contribution in [0.25, 0.3) is 22.2 Å². The third-order valence-corrected chi connectivity index (χ3v) is 7.01. The van der Waals surface area contributed by atoms with Crippen LogP contribution in [0.5, 0.6) is 11.8 Å². The molecule has 178 valence electrons. The zero-order chi connectivity index (χ0) is 23.8. The standard InChI is InChI=1S/C28H28N4O3/c1-18(19-6-7-19)34-28(33)31-22-11-8-20(9-12-22)25-16-21-10-13-24(35-27-29-14-3-15-30-27)17-26(21)32(25)23-4-2-5-23/h3,8-19,23H,2,4-7H2,1H3,(H,31,33)/t18-/m1/s1. The highest BCUT2D eigenvalue weighted by Crippen LogP contribution is 2.41. The van der Waals surface area contributed by atoms with E-state index >= 15 is 0 Å².